The number of halogens is 1. The minimum Gasteiger partial charge on any atom is -0.307 e. The van der Waals surface area contributed by atoms with Gasteiger partial charge in [0.05, 0.1) is 17.6 Å². The second-order valence-corrected chi connectivity index (χ2v) is 6.47. The predicted molar refractivity (Wildman–Crippen MR) is 104 cm³/mol. The van der Waals surface area contributed by atoms with E-state index < -0.39 is 0 Å². The molecule has 1 N–H and O–H groups in total. The highest BCUT2D eigenvalue weighted by atomic mass is 35.5. The van der Waals surface area contributed by atoms with E-state index in [4.69, 9.17) is 11.6 Å². The SMILES string of the molecule is Cc1nn(-c2ccccc2)c(Cl)c1C=CC(=O)Nc1ccnn1C(C)C. The maximum absolute atomic E-state index is 12.2. The fourth-order valence-electron chi connectivity index (χ4n) is 2.59. The van der Waals surface area contributed by atoms with Crippen LogP contribution in [0.2, 0.25) is 5.15 Å². The van der Waals surface area contributed by atoms with Crippen LogP contribution in [0.3, 0.4) is 0 Å². The van der Waals surface area contributed by atoms with Gasteiger partial charge in [-0.15, -0.1) is 0 Å². The summed E-state index contributed by atoms with van der Waals surface area (Å²) in [6, 6.07) is 11.5. The third kappa shape index (κ3) is 3.70. The van der Waals surface area contributed by atoms with E-state index in [2.05, 4.69) is 15.5 Å². The van der Waals surface area contributed by atoms with Crippen molar-refractivity contribution < 1.29 is 4.79 Å². The standard InChI is InChI=1S/C19H20ClN5O/c1-13(2)24-17(11-12-21-24)22-18(26)10-9-16-14(3)23-25(19(16)20)15-7-5-4-6-8-15/h4-13H,1-3H3,(H,22,26). The van der Waals surface area contributed by atoms with Gasteiger partial charge in [0, 0.05) is 23.7 Å². The fraction of sp³-hybridized carbons (Fsp3) is 0.211. The number of aromatic nitrogens is 4. The molecule has 2 aromatic heterocycles. The van der Waals surface area contributed by atoms with Crippen LogP contribution in [0.25, 0.3) is 11.8 Å². The first kappa shape index (κ1) is 17.9. The summed E-state index contributed by atoms with van der Waals surface area (Å²) >= 11 is 6.46. The molecule has 7 heteroatoms. The Morgan fingerprint density at radius 3 is 2.65 bits per heavy atom. The molecule has 0 saturated heterocycles. The molecule has 6 nitrogen and oxygen atoms in total. The van der Waals surface area contributed by atoms with Crippen LogP contribution in [0.4, 0.5) is 5.82 Å². The first-order valence-corrected chi connectivity index (χ1v) is 8.68. The lowest BCUT2D eigenvalue weighted by Gasteiger charge is -2.10. The molecule has 0 aliphatic heterocycles. The lowest BCUT2D eigenvalue weighted by atomic mass is 10.2. The highest BCUT2D eigenvalue weighted by Gasteiger charge is 2.13. The summed E-state index contributed by atoms with van der Waals surface area (Å²) in [7, 11) is 0. The van der Waals surface area contributed by atoms with Crippen LogP contribution >= 0.6 is 11.6 Å². The molecule has 1 amide bonds. The molecule has 3 rings (SSSR count). The van der Waals surface area contributed by atoms with E-state index in [-0.39, 0.29) is 11.9 Å². The number of benzene rings is 1. The van der Waals surface area contributed by atoms with Gasteiger partial charge in [0.2, 0.25) is 5.91 Å². The average Bonchev–Trinajstić information content (AvgIpc) is 3.19. The van der Waals surface area contributed by atoms with Gasteiger partial charge in [0.15, 0.2) is 0 Å². The summed E-state index contributed by atoms with van der Waals surface area (Å²) in [5.74, 6) is 0.396. The number of hydrogen-bond acceptors (Lipinski definition) is 3. The largest absolute Gasteiger partial charge is 0.307 e. The fourth-order valence-corrected chi connectivity index (χ4v) is 2.93. The summed E-state index contributed by atoms with van der Waals surface area (Å²) < 4.78 is 3.40. The minimum atomic E-state index is -0.254. The number of carbonyl (C=O) groups excluding carboxylic acids is 1. The molecule has 0 atom stereocenters. The zero-order valence-corrected chi connectivity index (χ0v) is 15.6. The van der Waals surface area contributed by atoms with Crippen LogP contribution in [0.15, 0.2) is 48.7 Å². The summed E-state index contributed by atoms with van der Waals surface area (Å²) in [6.45, 7) is 5.86. The van der Waals surface area contributed by atoms with Gasteiger partial charge in [0.1, 0.15) is 11.0 Å². The Hall–Kier alpha value is -2.86. The lowest BCUT2D eigenvalue weighted by Crippen LogP contribution is -2.14. The minimum absolute atomic E-state index is 0.157. The number of aryl methyl sites for hydroxylation is 1. The predicted octanol–water partition coefficient (Wildman–Crippen LogP) is 4.26. The summed E-state index contributed by atoms with van der Waals surface area (Å²) in [6.07, 6.45) is 4.78. The first-order valence-electron chi connectivity index (χ1n) is 8.30. The van der Waals surface area contributed by atoms with Crippen molar-refractivity contribution in [3.8, 4) is 5.69 Å². The van der Waals surface area contributed by atoms with Gasteiger partial charge in [-0.3, -0.25) is 4.79 Å². The Bertz CT molecular complexity index is 940. The van der Waals surface area contributed by atoms with Crippen LogP contribution in [0.1, 0.15) is 31.1 Å². The number of anilines is 1. The number of amides is 1. The molecule has 26 heavy (non-hydrogen) atoms. The molecule has 134 valence electrons. The maximum atomic E-state index is 12.2. The Balaban J connectivity index is 1.79. The van der Waals surface area contributed by atoms with Crippen molar-refractivity contribution in [3.05, 3.63) is 65.1 Å². The van der Waals surface area contributed by atoms with E-state index >= 15 is 0 Å². The van der Waals surface area contributed by atoms with Gasteiger partial charge >= 0.3 is 0 Å². The molecule has 0 bridgehead atoms. The molecule has 0 aliphatic rings. The number of rotatable bonds is 5. The van der Waals surface area contributed by atoms with Crippen LogP contribution in [0.5, 0.6) is 0 Å². The van der Waals surface area contributed by atoms with E-state index in [0.717, 1.165) is 11.4 Å². The van der Waals surface area contributed by atoms with E-state index in [1.807, 2.05) is 51.1 Å². The van der Waals surface area contributed by atoms with Crippen molar-refractivity contribution in [2.45, 2.75) is 26.8 Å². The molecular weight excluding hydrogens is 350 g/mol. The summed E-state index contributed by atoms with van der Waals surface area (Å²) in [5.41, 5.74) is 2.32. The van der Waals surface area contributed by atoms with Gasteiger partial charge < -0.3 is 5.32 Å². The molecular formula is C19H20ClN5O. The van der Waals surface area contributed by atoms with Crippen molar-refractivity contribution in [2.24, 2.45) is 0 Å². The highest BCUT2D eigenvalue weighted by molar-refractivity contribution is 6.31. The maximum Gasteiger partial charge on any atom is 0.249 e. The van der Waals surface area contributed by atoms with Crippen molar-refractivity contribution >= 4 is 29.4 Å². The molecule has 0 radical (unpaired) electrons. The molecule has 1 aromatic carbocycles. The van der Waals surface area contributed by atoms with E-state index in [0.29, 0.717) is 16.5 Å². The van der Waals surface area contributed by atoms with Gasteiger partial charge in [-0.25, -0.2) is 9.36 Å². The number of carbonyl (C=O) groups is 1. The van der Waals surface area contributed by atoms with Crippen LogP contribution in [0, 0.1) is 6.92 Å². The molecule has 0 fully saturated rings. The molecule has 0 saturated carbocycles. The topological polar surface area (TPSA) is 64.7 Å². The number of nitrogens with one attached hydrogen (secondary N) is 1. The Kier molecular flexibility index (Phi) is 5.23. The van der Waals surface area contributed by atoms with E-state index in [1.54, 1.807) is 27.7 Å². The van der Waals surface area contributed by atoms with Gasteiger partial charge in [0.25, 0.3) is 0 Å². The monoisotopic (exact) mass is 369 g/mol. The Morgan fingerprint density at radius 1 is 1.23 bits per heavy atom. The smallest absolute Gasteiger partial charge is 0.249 e. The van der Waals surface area contributed by atoms with E-state index in [9.17, 15) is 4.79 Å². The lowest BCUT2D eigenvalue weighted by molar-refractivity contribution is -0.111. The van der Waals surface area contributed by atoms with Gasteiger partial charge in [-0.1, -0.05) is 29.8 Å². The molecule has 3 aromatic rings. The highest BCUT2D eigenvalue weighted by Crippen LogP contribution is 2.24. The first-order chi connectivity index (χ1) is 12.5. The Morgan fingerprint density at radius 2 is 1.96 bits per heavy atom. The summed E-state index contributed by atoms with van der Waals surface area (Å²) in [5, 5.41) is 11.9. The third-order valence-electron chi connectivity index (χ3n) is 3.86. The summed E-state index contributed by atoms with van der Waals surface area (Å²) in [4.78, 5) is 12.2. The number of para-hydroxylation sites is 1. The Labute approximate surface area is 157 Å². The molecule has 0 spiro atoms. The van der Waals surface area contributed by atoms with Crippen molar-refractivity contribution in [1.82, 2.24) is 19.6 Å². The van der Waals surface area contributed by atoms with Gasteiger partial charge in [-0.2, -0.15) is 10.2 Å². The zero-order chi connectivity index (χ0) is 18.7. The normalized spacial score (nSPS) is 11.4. The molecule has 0 unspecified atom stereocenters. The van der Waals surface area contributed by atoms with Crippen molar-refractivity contribution in [3.63, 3.8) is 0 Å². The second kappa shape index (κ2) is 7.58. The quantitative estimate of drug-likeness (QED) is 0.683. The second-order valence-electron chi connectivity index (χ2n) is 6.11. The van der Waals surface area contributed by atoms with Crippen molar-refractivity contribution in [2.75, 3.05) is 5.32 Å². The number of nitrogens with zero attached hydrogens (tertiary/aromatic N) is 4. The molecule has 0 aliphatic carbocycles. The van der Waals surface area contributed by atoms with Crippen LogP contribution in [-0.4, -0.2) is 25.5 Å². The van der Waals surface area contributed by atoms with Crippen LogP contribution in [-0.2, 0) is 4.79 Å². The zero-order valence-electron chi connectivity index (χ0n) is 14.8. The van der Waals surface area contributed by atoms with Crippen LogP contribution < -0.4 is 5.32 Å². The van der Waals surface area contributed by atoms with Crippen molar-refractivity contribution in [1.29, 1.82) is 0 Å². The third-order valence-corrected chi connectivity index (χ3v) is 4.22. The van der Waals surface area contributed by atoms with E-state index in [1.165, 1.54) is 6.08 Å². The van der Waals surface area contributed by atoms with Gasteiger partial charge in [-0.05, 0) is 39.0 Å². The number of hydrogen-bond donors (Lipinski definition) is 1. The average molecular weight is 370 g/mol. The molecule has 2 heterocycles.